The fourth-order valence-corrected chi connectivity index (χ4v) is 3.14. The lowest BCUT2D eigenvalue weighted by atomic mass is 10.2. The normalized spacial score (nSPS) is 11.2. The van der Waals surface area contributed by atoms with Crippen LogP contribution < -0.4 is 10.0 Å². The quantitative estimate of drug-likeness (QED) is 0.880. The first kappa shape index (κ1) is 16.1. The molecule has 0 saturated carbocycles. The number of amides is 1. The molecule has 0 unspecified atom stereocenters. The van der Waals surface area contributed by atoms with Crippen molar-refractivity contribution in [1.29, 1.82) is 0 Å². The highest BCUT2D eigenvalue weighted by molar-refractivity contribution is 7.89. The number of nitrogens with zero attached hydrogens (tertiary/aromatic N) is 1. The standard InChI is InChI=1S/C15H17N3O3S/c1-11-6-7-14(18-12(2)19)15(9-11)22(20,21)17-10-13-5-3-4-8-16-13/h3-9,17H,10H2,1-2H3,(H,18,19). The van der Waals surface area contributed by atoms with E-state index in [4.69, 9.17) is 0 Å². The molecular formula is C15H17N3O3S. The van der Waals surface area contributed by atoms with Gasteiger partial charge in [-0.3, -0.25) is 9.78 Å². The Kier molecular flexibility index (Phi) is 4.89. The zero-order valence-electron chi connectivity index (χ0n) is 12.3. The van der Waals surface area contributed by atoms with E-state index in [2.05, 4.69) is 15.0 Å². The highest BCUT2D eigenvalue weighted by Gasteiger charge is 2.19. The van der Waals surface area contributed by atoms with E-state index in [1.807, 2.05) is 0 Å². The summed E-state index contributed by atoms with van der Waals surface area (Å²) in [7, 11) is -3.76. The Labute approximate surface area is 129 Å². The van der Waals surface area contributed by atoms with Gasteiger partial charge in [0.2, 0.25) is 15.9 Å². The van der Waals surface area contributed by atoms with Gasteiger partial charge in [0.15, 0.2) is 0 Å². The van der Waals surface area contributed by atoms with E-state index in [1.165, 1.54) is 13.0 Å². The van der Waals surface area contributed by atoms with Crippen LogP contribution in [0.5, 0.6) is 0 Å². The summed E-state index contributed by atoms with van der Waals surface area (Å²) < 4.78 is 27.4. The number of aryl methyl sites for hydroxylation is 1. The third-order valence-electron chi connectivity index (χ3n) is 2.91. The number of pyridine rings is 1. The molecule has 22 heavy (non-hydrogen) atoms. The van der Waals surface area contributed by atoms with Gasteiger partial charge in [-0.25, -0.2) is 13.1 Å². The number of nitrogens with one attached hydrogen (secondary N) is 2. The number of rotatable bonds is 5. The van der Waals surface area contributed by atoms with Crippen molar-refractivity contribution < 1.29 is 13.2 Å². The van der Waals surface area contributed by atoms with Crippen LogP contribution in [0.1, 0.15) is 18.2 Å². The molecule has 2 N–H and O–H groups in total. The van der Waals surface area contributed by atoms with Gasteiger partial charge in [0.25, 0.3) is 0 Å². The van der Waals surface area contributed by atoms with Crippen LogP contribution in [0.3, 0.4) is 0 Å². The zero-order chi connectivity index (χ0) is 16.2. The van der Waals surface area contributed by atoms with Crippen molar-refractivity contribution in [2.45, 2.75) is 25.3 Å². The van der Waals surface area contributed by atoms with Gasteiger partial charge in [0.1, 0.15) is 4.90 Å². The molecular weight excluding hydrogens is 302 g/mol. The van der Waals surface area contributed by atoms with Gasteiger partial charge in [-0.1, -0.05) is 12.1 Å². The number of sulfonamides is 1. The van der Waals surface area contributed by atoms with Crippen molar-refractivity contribution in [2.75, 3.05) is 5.32 Å². The fourth-order valence-electron chi connectivity index (χ4n) is 1.89. The van der Waals surface area contributed by atoms with Gasteiger partial charge >= 0.3 is 0 Å². The van der Waals surface area contributed by atoms with Gasteiger partial charge in [-0.05, 0) is 36.8 Å². The SMILES string of the molecule is CC(=O)Nc1ccc(C)cc1S(=O)(=O)NCc1ccccn1. The van der Waals surface area contributed by atoms with Crippen LogP contribution in [0.15, 0.2) is 47.5 Å². The number of benzene rings is 1. The predicted molar refractivity (Wildman–Crippen MR) is 83.7 cm³/mol. The molecule has 0 atom stereocenters. The molecule has 0 saturated heterocycles. The van der Waals surface area contributed by atoms with Crippen molar-refractivity contribution in [2.24, 2.45) is 0 Å². The highest BCUT2D eigenvalue weighted by Crippen LogP contribution is 2.22. The number of hydrogen-bond acceptors (Lipinski definition) is 4. The Hall–Kier alpha value is -2.25. The van der Waals surface area contributed by atoms with Crippen molar-refractivity contribution in [1.82, 2.24) is 9.71 Å². The second kappa shape index (κ2) is 6.67. The average Bonchev–Trinajstić information content (AvgIpc) is 2.48. The van der Waals surface area contributed by atoms with E-state index < -0.39 is 10.0 Å². The molecule has 7 heteroatoms. The Morgan fingerprint density at radius 2 is 2.00 bits per heavy atom. The van der Waals surface area contributed by atoms with Crippen LogP contribution in [0.2, 0.25) is 0 Å². The summed E-state index contributed by atoms with van der Waals surface area (Å²) in [6, 6.07) is 10.1. The molecule has 0 aliphatic heterocycles. The topological polar surface area (TPSA) is 88.2 Å². The lowest BCUT2D eigenvalue weighted by Gasteiger charge is -2.12. The number of carbonyl (C=O) groups excluding carboxylic acids is 1. The minimum absolute atomic E-state index is 0.0404. The van der Waals surface area contributed by atoms with Crippen LogP contribution in [0.25, 0.3) is 0 Å². The fraction of sp³-hybridized carbons (Fsp3) is 0.200. The summed E-state index contributed by atoms with van der Waals surface area (Å²) in [5.41, 5.74) is 1.65. The van der Waals surface area contributed by atoms with Crippen LogP contribution in [-0.2, 0) is 21.4 Å². The van der Waals surface area contributed by atoms with Crippen molar-refractivity contribution in [3.05, 3.63) is 53.9 Å². The lowest BCUT2D eigenvalue weighted by Crippen LogP contribution is -2.25. The molecule has 0 aliphatic rings. The predicted octanol–water partition coefficient (Wildman–Crippen LogP) is 1.83. The minimum atomic E-state index is -3.76. The maximum Gasteiger partial charge on any atom is 0.243 e. The molecule has 116 valence electrons. The Balaban J connectivity index is 2.28. The van der Waals surface area contributed by atoms with Gasteiger partial charge in [0, 0.05) is 13.1 Å². The summed E-state index contributed by atoms with van der Waals surface area (Å²) in [5, 5.41) is 2.53. The molecule has 0 fully saturated rings. The molecule has 1 heterocycles. The van der Waals surface area contributed by atoms with E-state index in [-0.39, 0.29) is 23.0 Å². The van der Waals surface area contributed by atoms with E-state index in [9.17, 15) is 13.2 Å². The smallest absolute Gasteiger partial charge is 0.243 e. The molecule has 0 radical (unpaired) electrons. The van der Waals surface area contributed by atoms with Crippen molar-refractivity contribution >= 4 is 21.6 Å². The van der Waals surface area contributed by atoms with Crippen LogP contribution in [-0.4, -0.2) is 19.3 Å². The molecule has 1 aromatic heterocycles. The van der Waals surface area contributed by atoms with E-state index in [1.54, 1.807) is 43.5 Å². The third-order valence-corrected chi connectivity index (χ3v) is 4.35. The summed E-state index contributed by atoms with van der Waals surface area (Å²) >= 11 is 0. The monoisotopic (exact) mass is 319 g/mol. The molecule has 0 aliphatic carbocycles. The molecule has 1 aromatic carbocycles. The van der Waals surface area contributed by atoms with Crippen LogP contribution >= 0.6 is 0 Å². The summed E-state index contributed by atoms with van der Waals surface area (Å²) in [6.45, 7) is 3.20. The highest BCUT2D eigenvalue weighted by atomic mass is 32.2. The van der Waals surface area contributed by atoms with Crippen LogP contribution in [0, 0.1) is 6.92 Å². The van der Waals surface area contributed by atoms with Crippen LogP contribution in [0.4, 0.5) is 5.69 Å². The zero-order valence-corrected chi connectivity index (χ0v) is 13.1. The summed E-state index contributed by atoms with van der Waals surface area (Å²) in [6.07, 6.45) is 1.60. The van der Waals surface area contributed by atoms with Crippen molar-refractivity contribution in [3.8, 4) is 0 Å². The average molecular weight is 319 g/mol. The maximum atomic E-state index is 12.5. The first-order valence-electron chi connectivity index (χ1n) is 6.66. The van der Waals surface area contributed by atoms with Gasteiger partial charge in [0.05, 0.1) is 17.9 Å². The second-order valence-corrected chi connectivity index (χ2v) is 6.56. The molecule has 6 nitrogen and oxygen atoms in total. The number of hydrogen-bond donors (Lipinski definition) is 2. The minimum Gasteiger partial charge on any atom is -0.325 e. The first-order chi connectivity index (χ1) is 10.4. The molecule has 2 aromatic rings. The maximum absolute atomic E-state index is 12.5. The molecule has 0 spiro atoms. The Morgan fingerprint density at radius 3 is 2.64 bits per heavy atom. The molecule has 1 amide bonds. The second-order valence-electron chi connectivity index (χ2n) is 4.83. The Morgan fingerprint density at radius 1 is 1.23 bits per heavy atom. The number of carbonyl (C=O) groups is 1. The van der Waals surface area contributed by atoms with E-state index in [0.717, 1.165) is 5.56 Å². The number of anilines is 1. The largest absolute Gasteiger partial charge is 0.325 e. The lowest BCUT2D eigenvalue weighted by molar-refractivity contribution is -0.114. The van der Waals surface area contributed by atoms with Gasteiger partial charge in [-0.2, -0.15) is 0 Å². The van der Waals surface area contributed by atoms with E-state index >= 15 is 0 Å². The van der Waals surface area contributed by atoms with Gasteiger partial charge < -0.3 is 5.32 Å². The molecule has 0 bridgehead atoms. The third kappa shape index (κ3) is 4.12. The van der Waals surface area contributed by atoms with Gasteiger partial charge in [-0.15, -0.1) is 0 Å². The summed E-state index contributed by atoms with van der Waals surface area (Å²) in [4.78, 5) is 15.3. The first-order valence-corrected chi connectivity index (χ1v) is 8.14. The number of aromatic nitrogens is 1. The van der Waals surface area contributed by atoms with E-state index in [0.29, 0.717) is 5.69 Å². The van der Waals surface area contributed by atoms with Crippen molar-refractivity contribution in [3.63, 3.8) is 0 Å². The Bertz CT molecular complexity index is 774. The molecule has 2 rings (SSSR count). The summed E-state index contributed by atoms with van der Waals surface area (Å²) in [5.74, 6) is -0.329.